The second kappa shape index (κ2) is 6.13. The number of H-pyrrole nitrogens is 1. The molecular formula is C18H19FN4O. The van der Waals surface area contributed by atoms with Crippen molar-refractivity contribution in [3.05, 3.63) is 64.3 Å². The highest BCUT2D eigenvalue weighted by atomic mass is 19.1. The average Bonchev–Trinajstić information content (AvgIpc) is 2.92. The number of aromatic nitrogens is 2. The van der Waals surface area contributed by atoms with E-state index in [0.29, 0.717) is 17.6 Å². The summed E-state index contributed by atoms with van der Waals surface area (Å²) in [5.74, 6) is -0.322. The summed E-state index contributed by atoms with van der Waals surface area (Å²) in [5, 5.41) is 3.28. The zero-order valence-electron chi connectivity index (χ0n) is 13.3. The van der Waals surface area contributed by atoms with E-state index in [9.17, 15) is 9.18 Å². The fraction of sp³-hybridized carbons (Fsp3) is 0.278. The minimum Gasteiger partial charge on any atom is -0.367 e. The summed E-state index contributed by atoms with van der Waals surface area (Å²) in [6.45, 7) is 3.72. The highest BCUT2D eigenvalue weighted by Crippen LogP contribution is 2.27. The van der Waals surface area contributed by atoms with Crippen LogP contribution in [0.5, 0.6) is 0 Å². The number of hydrogen-bond donors (Lipinski definition) is 2. The van der Waals surface area contributed by atoms with E-state index in [1.165, 1.54) is 12.1 Å². The van der Waals surface area contributed by atoms with Gasteiger partial charge in [-0.1, -0.05) is 30.3 Å². The van der Waals surface area contributed by atoms with Gasteiger partial charge in [0.15, 0.2) is 0 Å². The Morgan fingerprint density at radius 1 is 1.08 bits per heavy atom. The first-order valence-electron chi connectivity index (χ1n) is 8.14. The van der Waals surface area contributed by atoms with Crippen molar-refractivity contribution in [2.75, 3.05) is 31.1 Å². The molecule has 0 bridgehead atoms. The molecule has 24 heavy (non-hydrogen) atoms. The van der Waals surface area contributed by atoms with Crippen LogP contribution in [0.3, 0.4) is 0 Å². The Balaban J connectivity index is 1.82. The number of fused-ring (bicyclic) bond motifs is 1. The molecule has 0 radical (unpaired) electrons. The molecule has 1 fully saturated rings. The van der Waals surface area contributed by atoms with Crippen LogP contribution in [-0.2, 0) is 6.54 Å². The monoisotopic (exact) mass is 326 g/mol. The first kappa shape index (κ1) is 15.0. The Labute approximate surface area is 138 Å². The summed E-state index contributed by atoms with van der Waals surface area (Å²) in [7, 11) is 0. The Morgan fingerprint density at radius 3 is 2.58 bits per heavy atom. The van der Waals surface area contributed by atoms with Crippen LogP contribution in [0.4, 0.5) is 10.1 Å². The van der Waals surface area contributed by atoms with Crippen LogP contribution in [0.1, 0.15) is 5.56 Å². The van der Waals surface area contributed by atoms with Crippen LogP contribution in [0.2, 0.25) is 0 Å². The molecule has 0 unspecified atom stereocenters. The second-order valence-corrected chi connectivity index (χ2v) is 6.06. The zero-order valence-corrected chi connectivity index (χ0v) is 13.3. The van der Waals surface area contributed by atoms with E-state index in [1.807, 2.05) is 30.3 Å². The molecule has 0 saturated carbocycles. The first-order valence-corrected chi connectivity index (χ1v) is 8.14. The van der Waals surface area contributed by atoms with Gasteiger partial charge in [0.05, 0.1) is 23.3 Å². The number of piperazine rings is 1. The molecule has 4 rings (SSSR count). The SMILES string of the molecule is O=c1[nH]c2c(N3CCNCC3)cc(F)cc2n1Cc1ccccc1. The lowest BCUT2D eigenvalue weighted by molar-refractivity contribution is 0.586. The van der Waals surface area contributed by atoms with E-state index in [-0.39, 0.29) is 11.5 Å². The quantitative estimate of drug-likeness (QED) is 0.773. The number of imidazole rings is 1. The van der Waals surface area contributed by atoms with Crippen LogP contribution < -0.4 is 15.9 Å². The van der Waals surface area contributed by atoms with E-state index in [2.05, 4.69) is 15.2 Å². The molecule has 1 saturated heterocycles. The van der Waals surface area contributed by atoms with Gasteiger partial charge < -0.3 is 15.2 Å². The molecule has 124 valence electrons. The average molecular weight is 326 g/mol. The summed E-state index contributed by atoms with van der Waals surface area (Å²) < 4.78 is 15.8. The fourth-order valence-electron chi connectivity index (χ4n) is 3.28. The van der Waals surface area contributed by atoms with Crippen molar-refractivity contribution in [3.63, 3.8) is 0 Å². The largest absolute Gasteiger partial charge is 0.367 e. The normalized spacial score (nSPS) is 15.1. The molecular weight excluding hydrogens is 307 g/mol. The predicted octanol–water partition coefficient (Wildman–Crippen LogP) is 1.93. The van der Waals surface area contributed by atoms with Gasteiger partial charge in [-0.25, -0.2) is 9.18 Å². The molecule has 1 aliphatic rings. The number of rotatable bonds is 3. The zero-order chi connectivity index (χ0) is 16.5. The van der Waals surface area contributed by atoms with Crippen molar-refractivity contribution < 1.29 is 4.39 Å². The van der Waals surface area contributed by atoms with Crippen LogP contribution >= 0.6 is 0 Å². The number of nitrogens with zero attached hydrogens (tertiary/aromatic N) is 2. The lowest BCUT2D eigenvalue weighted by Gasteiger charge is -2.29. The van der Waals surface area contributed by atoms with Crippen molar-refractivity contribution in [3.8, 4) is 0 Å². The number of benzene rings is 2. The van der Waals surface area contributed by atoms with Gasteiger partial charge in [-0.3, -0.25) is 4.57 Å². The van der Waals surface area contributed by atoms with Crippen LogP contribution in [0.15, 0.2) is 47.3 Å². The molecule has 1 aliphatic heterocycles. The highest BCUT2D eigenvalue weighted by molar-refractivity contribution is 5.89. The molecule has 2 aromatic carbocycles. The van der Waals surface area contributed by atoms with E-state index >= 15 is 0 Å². The molecule has 0 amide bonds. The Bertz CT molecular complexity index is 910. The minimum atomic E-state index is -0.322. The molecule has 2 heterocycles. The lowest BCUT2D eigenvalue weighted by Crippen LogP contribution is -2.43. The van der Waals surface area contributed by atoms with Crippen molar-refractivity contribution in [1.29, 1.82) is 0 Å². The van der Waals surface area contributed by atoms with E-state index < -0.39 is 0 Å². The van der Waals surface area contributed by atoms with Crippen molar-refractivity contribution in [2.45, 2.75) is 6.54 Å². The van der Waals surface area contributed by atoms with Gasteiger partial charge in [0.25, 0.3) is 0 Å². The van der Waals surface area contributed by atoms with Gasteiger partial charge in [-0.2, -0.15) is 0 Å². The number of halogens is 1. The minimum absolute atomic E-state index is 0.212. The maximum absolute atomic E-state index is 14.2. The molecule has 0 spiro atoms. The van der Waals surface area contributed by atoms with E-state index in [1.54, 1.807) is 4.57 Å². The Hall–Kier alpha value is -2.60. The van der Waals surface area contributed by atoms with Gasteiger partial charge in [0.2, 0.25) is 0 Å². The summed E-state index contributed by atoms with van der Waals surface area (Å²) >= 11 is 0. The number of aromatic amines is 1. The van der Waals surface area contributed by atoms with Crippen molar-refractivity contribution in [2.24, 2.45) is 0 Å². The molecule has 3 aromatic rings. The van der Waals surface area contributed by atoms with E-state index in [4.69, 9.17) is 0 Å². The topological polar surface area (TPSA) is 53.1 Å². The third-order valence-corrected chi connectivity index (χ3v) is 4.47. The van der Waals surface area contributed by atoms with Gasteiger partial charge in [0, 0.05) is 26.2 Å². The molecule has 0 aliphatic carbocycles. The maximum Gasteiger partial charge on any atom is 0.326 e. The van der Waals surface area contributed by atoms with Gasteiger partial charge in [0.1, 0.15) is 5.82 Å². The van der Waals surface area contributed by atoms with Gasteiger partial charge in [-0.05, 0) is 17.7 Å². The van der Waals surface area contributed by atoms with Crippen molar-refractivity contribution in [1.82, 2.24) is 14.9 Å². The lowest BCUT2D eigenvalue weighted by atomic mass is 10.2. The smallest absolute Gasteiger partial charge is 0.326 e. The summed E-state index contributed by atoms with van der Waals surface area (Å²) in [6.07, 6.45) is 0. The van der Waals surface area contributed by atoms with Gasteiger partial charge in [-0.15, -0.1) is 0 Å². The number of nitrogens with one attached hydrogen (secondary N) is 2. The fourth-order valence-corrected chi connectivity index (χ4v) is 3.28. The molecule has 2 N–H and O–H groups in total. The third kappa shape index (κ3) is 2.69. The molecule has 6 heteroatoms. The number of hydrogen-bond acceptors (Lipinski definition) is 3. The summed E-state index contributed by atoms with van der Waals surface area (Å²) in [5.41, 5.74) is 2.87. The Morgan fingerprint density at radius 2 is 1.83 bits per heavy atom. The highest BCUT2D eigenvalue weighted by Gasteiger charge is 2.18. The Kier molecular flexibility index (Phi) is 3.82. The number of anilines is 1. The van der Waals surface area contributed by atoms with Crippen LogP contribution in [-0.4, -0.2) is 35.7 Å². The molecule has 1 aromatic heterocycles. The van der Waals surface area contributed by atoms with Crippen LogP contribution in [0.25, 0.3) is 11.0 Å². The van der Waals surface area contributed by atoms with E-state index in [0.717, 1.165) is 37.4 Å². The molecule has 0 atom stereocenters. The van der Waals surface area contributed by atoms with Crippen LogP contribution in [0, 0.1) is 5.82 Å². The van der Waals surface area contributed by atoms with Gasteiger partial charge >= 0.3 is 5.69 Å². The second-order valence-electron chi connectivity index (χ2n) is 6.06. The standard InChI is InChI=1S/C18H19FN4O/c19-14-10-15(22-8-6-20-7-9-22)17-16(11-14)23(18(24)21-17)12-13-4-2-1-3-5-13/h1-5,10-11,20H,6-9,12H2,(H,21,24). The van der Waals surface area contributed by atoms with Crippen molar-refractivity contribution >= 4 is 16.7 Å². The molecule has 5 nitrogen and oxygen atoms in total. The first-order chi connectivity index (χ1) is 11.7. The summed E-state index contributed by atoms with van der Waals surface area (Å²) in [4.78, 5) is 17.5. The third-order valence-electron chi connectivity index (χ3n) is 4.47. The summed E-state index contributed by atoms with van der Waals surface area (Å²) in [6, 6.07) is 12.7. The predicted molar refractivity (Wildman–Crippen MR) is 93.1 cm³/mol. The maximum atomic E-state index is 14.2.